The predicted octanol–water partition coefficient (Wildman–Crippen LogP) is 11.7. The van der Waals surface area contributed by atoms with Gasteiger partial charge in [0.15, 0.2) is 0 Å². The Labute approximate surface area is 327 Å². The van der Waals surface area contributed by atoms with Crippen molar-refractivity contribution in [2.75, 3.05) is 4.90 Å². The second kappa shape index (κ2) is 13.4. The summed E-state index contributed by atoms with van der Waals surface area (Å²) in [6, 6.07) is 55.5. The number of hydrogen-bond donors (Lipinski definition) is 1. The van der Waals surface area contributed by atoms with Crippen LogP contribution in [0.25, 0.3) is 49.9 Å². The summed E-state index contributed by atoms with van der Waals surface area (Å²) in [5.74, 6) is 0.819. The first-order valence-electron chi connectivity index (χ1n) is 19.7. The lowest BCUT2D eigenvalue weighted by atomic mass is 9.80. The van der Waals surface area contributed by atoms with Crippen LogP contribution < -0.4 is 10.2 Å². The lowest BCUT2D eigenvalue weighted by molar-refractivity contribution is 0.528. The van der Waals surface area contributed by atoms with E-state index in [1.54, 1.807) is 0 Å². The topological polar surface area (TPSA) is 32.6 Å². The van der Waals surface area contributed by atoms with E-state index in [1.165, 1.54) is 49.8 Å². The molecule has 4 aliphatic rings. The van der Waals surface area contributed by atoms with Crippen LogP contribution in [0, 0.1) is 11.8 Å². The van der Waals surface area contributed by atoms with Gasteiger partial charge in [-0.05, 0) is 81.9 Å². The smallest absolute Gasteiger partial charge is 0.144 e. The first-order valence-corrected chi connectivity index (χ1v) is 19.7. The molecule has 1 aromatic heterocycles. The Kier molecular flexibility index (Phi) is 7.80. The van der Waals surface area contributed by atoms with E-state index >= 15 is 0 Å². The quantitative estimate of drug-likeness (QED) is 0.186. The minimum Gasteiger partial charge on any atom is -0.360 e. The van der Waals surface area contributed by atoms with Gasteiger partial charge < -0.3 is 14.8 Å². The van der Waals surface area contributed by atoms with Gasteiger partial charge in [0.2, 0.25) is 0 Å². The van der Waals surface area contributed by atoms with Gasteiger partial charge in [-0.2, -0.15) is 0 Å². The van der Waals surface area contributed by atoms with Crippen LogP contribution in [-0.2, 0) is 0 Å². The molecule has 0 amide bonds. The molecule has 0 saturated carbocycles. The molecule has 56 heavy (non-hydrogen) atoms. The molecule has 0 spiro atoms. The minimum atomic E-state index is -0.195. The average molecular weight is 721 g/mol. The fourth-order valence-corrected chi connectivity index (χ4v) is 9.41. The van der Waals surface area contributed by atoms with E-state index < -0.39 is 0 Å². The zero-order valence-electron chi connectivity index (χ0n) is 30.9. The molecule has 2 aliphatic heterocycles. The van der Waals surface area contributed by atoms with Gasteiger partial charge in [0.25, 0.3) is 0 Å². The highest BCUT2D eigenvalue weighted by Gasteiger charge is 2.46. The number of para-hydroxylation sites is 2. The molecule has 268 valence electrons. The molecule has 7 aromatic rings. The zero-order chi connectivity index (χ0) is 37.0. The van der Waals surface area contributed by atoms with Crippen molar-refractivity contribution in [2.24, 2.45) is 16.8 Å². The number of aromatic nitrogens is 1. The van der Waals surface area contributed by atoms with E-state index in [2.05, 4.69) is 215 Å². The second-order valence-electron chi connectivity index (χ2n) is 15.2. The highest BCUT2D eigenvalue weighted by Crippen LogP contribution is 2.46. The molecular weight excluding hydrogens is 681 g/mol. The van der Waals surface area contributed by atoms with Crippen molar-refractivity contribution >= 4 is 45.0 Å². The fourth-order valence-electron chi connectivity index (χ4n) is 9.41. The largest absolute Gasteiger partial charge is 0.360 e. The summed E-state index contributed by atoms with van der Waals surface area (Å²) in [5, 5.41) is 6.22. The van der Waals surface area contributed by atoms with Crippen LogP contribution in [0.4, 0.5) is 5.69 Å². The van der Waals surface area contributed by atoms with Gasteiger partial charge in [-0.25, -0.2) is 0 Å². The minimum absolute atomic E-state index is 0.195. The maximum Gasteiger partial charge on any atom is 0.144 e. The summed E-state index contributed by atoms with van der Waals surface area (Å²) in [5.41, 5.74) is 13.1. The molecule has 1 saturated heterocycles. The van der Waals surface area contributed by atoms with Crippen molar-refractivity contribution in [3.05, 3.63) is 217 Å². The van der Waals surface area contributed by atoms with Crippen LogP contribution in [-0.4, -0.2) is 22.9 Å². The Balaban J connectivity index is 0.908. The monoisotopic (exact) mass is 720 g/mol. The van der Waals surface area contributed by atoms with Gasteiger partial charge in [-0.3, -0.25) is 4.99 Å². The summed E-state index contributed by atoms with van der Waals surface area (Å²) in [4.78, 5) is 7.49. The first-order chi connectivity index (χ1) is 27.8. The van der Waals surface area contributed by atoms with Crippen molar-refractivity contribution in [1.82, 2.24) is 9.88 Å². The molecule has 2 aliphatic carbocycles. The fraction of sp³-hybridized carbons (Fsp3) is 0.0962. The number of hydrogen-bond acceptors (Lipinski definition) is 3. The average Bonchev–Trinajstić information content (AvgIpc) is 3.79. The molecule has 4 heteroatoms. The molecule has 5 unspecified atom stereocenters. The van der Waals surface area contributed by atoms with Crippen LogP contribution in [0.2, 0.25) is 0 Å². The molecule has 1 N–H and O–H groups in total. The van der Waals surface area contributed by atoms with Crippen LogP contribution >= 0.6 is 0 Å². The molecular formula is C52H40N4. The number of anilines is 1. The molecule has 3 heterocycles. The van der Waals surface area contributed by atoms with Gasteiger partial charge >= 0.3 is 0 Å². The van der Waals surface area contributed by atoms with E-state index in [0.717, 1.165) is 22.5 Å². The predicted molar refractivity (Wildman–Crippen MR) is 234 cm³/mol. The van der Waals surface area contributed by atoms with Gasteiger partial charge in [0.05, 0.1) is 23.1 Å². The third-order valence-electron chi connectivity index (χ3n) is 12.0. The Morgan fingerprint density at radius 2 is 1.21 bits per heavy atom. The molecule has 4 nitrogen and oxygen atoms in total. The maximum atomic E-state index is 4.88. The van der Waals surface area contributed by atoms with E-state index in [-0.39, 0.29) is 6.17 Å². The van der Waals surface area contributed by atoms with Gasteiger partial charge in [-0.1, -0.05) is 152 Å². The lowest BCUT2D eigenvalue weighted by Crippen LogP contribution is -2.36. The van der Waals surface area contributed by atoms with E-state index in [1.807, 2.05) is 6.21 Å². The van der Waals surface area contributed by atoms with Crippen molar-refractivity contribution in [2.45, 2.75) is 18.2 Å². The van der Waals surface area contributed by atoms with Crippen molar-refractivity contribution in [1.29, 1.82) is 0 Å². The SMILES string of the molecule is C1=CC2C3C=C(c4ccc5c(c4)c4ccccc4n5-c4cccc(C5N=CC=C(c6ccc(-c7ccccc7)cc6)N5)c4)C=CC3N(c3ccccc3)C2C=C1. The molecule has 6 aromatic carbocycles. The Morgan fingerprint density at radius 3 is 2.09 bits per heavy atom. The van der Waals surface area contributed by atoms with Crippen molar-refractivity contribution in [3.8, 4) is 16.8 Å². The number of benzene rings is 6. The molecule has 0 radical (unpaired) electrons. The highest BCUT2D eigenvalue weighted by atomic mass is 15.2. The van der Waals surface area contributed by atoms with Gasteiger partial charge in [0.1, 0.15) is 6.17 Å². The molecule has 5 atom stereocenters. The van der Waals surface area contributed by atoms with E-state index in [0.29, 0.717) is 23.9 Å². The van der Waals surface area contributed by atoms with E-state index in [9.17, 15) is 0 Å². The van der Waals surface area contributed by atoms with Crippen molar-refractivity contribution < 1.29 is 0 Å². The molecule has 1 fully saturated rings. The number of fused-ring (bicyclic) bond motifs is 6. The summed E-state index contributed by atoms with van der Waals surface area (Å²) in [6.45, 7) is 0. The van der Waals surface area contributed by atoms with Crippen LogP contribution in [0.5, 0.6) is 0 Å². The number of rotatable bonds is 6. The Hall–Kier alpha value is -6.91. The third kappa shape index (κ3) is 5.48. The Bertz CT molecular complexity index is 2800. The summed E-state index contributed by atoms with van der Waals surface area (Å²) >= 11 is 0. The van der Waals surface area contributed by atoms with E-state index in [4.69, 9.17) is 4.99 Å². The normalized spacial score (nSPS) is 22.1. The number of nitrogens with one attached hydrogen (secondary N) is 1. The number of allylic oxidation sites excluding steroid dienone is 5. The third-order valence-corrected chi connectivity index (χ3v) is 12.0. The van der Waals surface area contributed by atoms with Crippen LogP contribution in [0.15, 0.2) is 205 Å². The second-order valence-corrected chi connectivity index (χ2v) is 15.2. The number of aliphatic imine (C=N–C) groups is 1. The summed E-state index contributed by atoms with van der Waals surface area (Å²) in [6.07, 6.45) is 20.4. The maximum absolute atomic E-state index is 4.88. The van der Waals surface area contributed by atoms with Crippen LogP contribution in [0.1, 0.15) is 22.9 Å². The molecule has 0 bridgehead atoms. The first kappa shape index (κ1) is 32.5. The zero-order valence-corrected chi connectivity index (χ0v) is 30.9. The number of nitrogens with zero attached hydrogens (tertiary/aromatic N) is 3. The van der Waals surface area contributed by atoms with Gasteiger partial charge in [-0.15, -0.1) is 0 Å². The highest BCUT2D eigenvalue weighted by molar-refractivity contribution is 6.10. The summed E-state index contributed by atoms with van der Waals surface area (Å²) in [7, 11) is 0. The van der Waals surface area contributed by atoms with Crippen LogP contribution in [0.3, 0.4) is 0 Å². The standard InChI is InChI=1S/C52H40N4/c1-3-12-35(13-4-1)36-22-24-37(25-23-36)47-30-31-53-52(54-47)40-14-11-17-42(32-40)56-49-21-10-8-19-44(49)46-34-39(27-29-51(46)56)38-26-28-50-45(33-38)43-18-7-9-20-48(43)55(50)41-15-5-2-6-16-41/h1-34,43,45,48,50,52,54H. The van der Waals surface area contributed by atoms with Gasteiger partial charge in [0, 0.05) is 45.9 Å². The molecule has 11 rings (SSSR count). The van der Waals surface area contributed by atoms with Crippen molar-refractivity contribution in [3.63, 3.8) is 0 Å². The Morgan fingerprint density at radius 1 is 0.518 bits per heavy atom. The summed E-state index contributed by atoms with van der Waals surface area (Å²) < 4.78 is 2.41. The lowest BCUT2D eigenvalue weighted by Gasteiger charge is -2.32.